The van der Waals surface area contributed by atoms with Gasteiger partial charge in [0.15, 0.2) is 0 Å². The molecule has 4 aromatic rings. The van der Waals surface area contributed by atoms with Crippen LogP contribution < -0.4 is 10.3 Å². The molecule has 3 aromatic heterocycles. The van der Waals surface area contributed by atoms with Crippen LogP contribution in [0.5, 0.6) is 0 Å². The van der Waals surface area contributed by atoms with Crippen LogP contribution in [0.4, 0.5) is 5.82 Å². The van der Waals surface area contributed by atoms with Gasteiger partial charge in [0.25, 0.3) is 0 Å². The van der Waals surface area contributed by atoms with Crippen LogP contribution >= 0.6 is 0 Å². The zero-order valence-electron chi connectivity index (χ0n) is 15.1. The van der Waals surface area contributed by atoms with Gasteiger partial charge in [0, 0.05) is 23.7 Å². The number of fused-ring (bicyclic) bond motifs is 1. The number of hydrogen-bond acceptors (Lipinski definition) is 3. The predicted octanol–water partition coefficient (Wildman–Crippen LogP) is 3.01. The maximum atomic E-state index is 6.53. The van der Waals surface area contributed by atoms with Crippen molar-refractivity contribution in [1.82, 2.24) is 14.5 Å². The van der Waals surface area contributed by atoms with Gasteiger partial charge in [-0.3, -0.25) is 4.98 Å². The van der Waals surface area contributed by atoms with Gasteiger partial charge in [-0.15, -0.1) is 0 Å². The van der Waals surface area contributed by atoms with Crippen LogP contribution in [-0.4, -0.2) is 14.5 Å². The summed E-state index contributed by atoms with van der Waals surface area (Å²) in [6.07, 6.45) is 5.45. The van der Waals surface area contributed by atoms with Crippen LogP contribution in [0, 0.1) is 13.8 Å². The summed E-state index contributed by atoms with van der Waals surface area (Å²) in [5, 5.41) is 1.03. The number of nitrogen functional groups attached to an aromatic ring is 1. The molecule has 0 atom stereocenters. The summed E-state index contributed by atoms with van der Waals surface area (Å²) in [4.78, 5) is 8.92. The number of nitrogens with zero attached hydrogens (tertiary/aromatic N) is 4. The van der Waals surface area contributed by atoms with Gasteiger partial charge in [0.2, 0.25) is 17.8 Å². The van der Waals surface area contributed by atoms with E-state index in [1.54, 1.807) is 6.20 Å². The van der Waals surface area contributed by atoms with Crippen molar-refractivity contribution in [3.8, 4) is 0 Å². The average molecular weight is 344 g/mol. The van der Waals surface area contributed by atoms with Crippen molar-refractivity contribution < 1.29 is 4.57 Å². The van der Waals surface area contributed by atoms with E-state index in [0.29, 0.717) is 6.54 Å². The third-order valence-electron chi connectivity index (χ3n) is 4.95. The number of rotatable bonds is 4. The van der Waals surface area contributed by atoms with Crippen molar-refractivity contribution >= 4 is 16.9 Å². The zero-order valence-corrected chi connectivity index (χ0v) is 15.1. The molecule has 1 aromatic carbocycles. The van der Waals surface area contributed by atoms with E-state index < -0.39 is 0 Å². The van der Waals surface area contributed by atoms with Crippen LogP contribution in [-0.2, 0) is 13.1 Å². The molecule has 0 spiro atoms. The highest BCUT2D eigenvalue weighted by Crippen LogP contribution is 2.27. The van der Waals surface area contributed by atoms with Crippen molar-refractivity contribution in [2.45, 2.75) is 26.9 Å². The molecule has 3 heterocycles. The number of aromatic nitrogens is 4. The molecule has 2 N–H and O–H groups in total. The lowest BCUT2D eigenvalue weighted by Crippen LogP contribution is -2.38. The van der Waals surface area contributed by atoms with Crippen molar-refractivity contribution in [2.75, 3.05) is 5.73 Å². The molecule has 0 radical (unpaired) electrons. The SMILES string of the molecule is Cc1c(C)n(Cc2ccccc2)c2nc[n+](Cc3cccnc3)c(N)c12. The average Bonchev–Trinajstić information content (AvgIpc) is 2.91. The minimum atomic E-state index is 0.658. The Bertz CT molecular complexity index is 1050. The number of hydrogen-bond donors (Lipinski definition) is 1. The van der Waals surface area contributed by atoms with Gasteiger partial charge in [-0.2, -0.15) is 0 Å². The minimum Gasteiger partial charge on any atom is -0.318 e. The molecular formula is C21H22N5+. The van der Waals surface area contributed by atoms with Crippen molar-refractivity contribution in [3.05, 3.63) is 83.6 Å². The largest absolute Gasteiger partial charge is 0.318 e. The van der Waals surface area contributed by atoms with Gasteiger partial charge >= 0.3 is 0 Å². The van der Waals surface area contributed by atoms with Gasteiger partial charge in [-0.05, 0) is 31.0 Å². The Hall–Kier alpha value is -3.21. The molecule has 0 saturated carbocycles. The molecule has 0 amide bonds. The lowest BCUT2D eigenvalue weighted by Gasteiger charge is -2.07. The van der Waals surface area contributed by atoms with Crippen molar-refractivity contribution in [2.24, 2.45) is 0 Å². The van der Waals surface area contributed by atoms with Crippen molar-refractivity contribution in [1.29, 1.82) is 0 Å². The zero-order chi connectivity index (χ0) is 18.1. The second-order valence-corrected chi connectivity index (χ2v) is 6.60. The molecule has 0 aliphatic heterocycles. The summed E-state index contributed by atoms with van der Waals surface area (Å²) in [5.41, 5.74) is 12.2. The molecular weight excluding hydrogens is 322 g/mol. The molecule has 0 bridgehead atoms. The molecule has 130 valence electrons. The molecule has 4 rings (SSSR count). The Morgan fingerprint density at radius 1 is 1.04 bits per heavy atom. The Kier molecular flexibility index (Phi) is 4.13. The fraction of sp³-hybridized carbons (Fsp3) is 0.190. The summed E-state index contributed by atoms with van der Waals surface area (Å²) >= 11 is 0. The Balaban J connectivity index is 1.79. The van der Waals surface area contributed by atoms with Crippen LogP contribution in [0.25, 0.3) is 11.0 Å². The second kappa shape index (κ2) is 6.59. The molecule has 0 saturated heterocycles. The van der Waals surface area contributed by atoms with Crippen LogP contribution in [0.1, 0.15) is 22.4 Å². The normalized spacial score (nSPS) is 11.2. The predicted molar refractivity (Wildman–Crippen MR) is 103 cm³/mol. The molecule has 0 aliphatic rings. The van der Waals surface area contributed by atoms with E-state index in [9.17, 15) is 0 Å². The number of pyridine rings is 1. The lowest BCUT2D eigenvalue weighted by atomic mass is 10.2. The van der Waals surface area contributed by atoms with E-state index in [-0.39, 0.29) is 0 Å². The van der Waals surface area contributed by atoms with Gasteiger partial charge in [-0.25, -0.2) is 4.57 Å². The highest BCUT2D eigenvalue weighted by molar-refractivity contribution is 5.89. The van der Waals surface area contributed by atoms with E-state index >= 15 is 0 Å². The Morgan fingerprint density at radius 3 is 2.54 bits per heavy atom. The summed E-state index contributed by atoms with van der Waals surface area (Å²) in [6, 6.07) is 14.4. The fourth-order valence-corrected chi connectivity index (χ4v) is 3.39. The molecule has 5 nitrogen and oxygen atoms in total. The van der Waals surface area contributed by atoms with E-state index in [1.807, 2.05) is 35.3 Å². The summed E-state index contributed by atoms with van der Waals surface area (Å²) < 4.78 is 4.23. The molecule has 0 aliphatic carbocycles. The molecule has 0 unspecified atom stereocenters. The molecule has 5 heteroatoms. The lowest BCUT2D eigenvalue weighted by molar-refractivity contribution is -0.675. The minimum absolute atomic E-state index is 0.658. The third kappa shape index (κ3) is 2.81. The first-order chi connectivity index (χ1) is 12.6. The third-order valence-corrected chi connectivity index (χ3v) is 4.95. The van der Waals surface area contributed by atoms with E-state index in [2.05, 4.69) is 47.7 Å². The molecule has 26 heavy (non-hydrogen) atoms. The monoisotopic (exact) mass is 344 g/mol. The Labute approximate surface area is 152 Å². The van der Waals surface area contributed by atoms with Crippen LogP contribution in [0.2, 0.25) is 0 Å². The topological polar surface area (TPSA) is 60.6 Å². The first kappa shape index (κ1) is 16.3. The number of anilines is 1. The first-order valence-electron chi connectivity index (χ1n) is 8.71. The standard InChI is InChI=1S/C21H21N5/c1-15-16(2)26(13-17-7-4-3-5-8-17)21-19(15)20(22)25(14-24-21)12-18-9-6-10-23-11-18/h3-11,14,22H,12-13H2,1-2H3/p+1. The van der Waals surface area contributed by atoms with Crippen molar-refractivity contribution in [3.63, 3.8) is 0 Å². The maximum Gasteiger partial charge on any atom is 0.232 e. The number of benzene rings is 1. The number of aryl methyl sites for hydroxylation is 1. The van der Waals surface area contributed by atoms with Gasteiger partial charge in [0.05, 0.1) is 13.1 Å². The Morgan fingerprint density at radius 2 is 1.81 bits per heavy atom. The quantitative estimate of drug-likeness (QED) is 0.579. The summed E-state index contributed by atoms with van der Waals surface area (Å²) in [7, 11) is 0. The number of nitrogens with two attached hydrogens (primary N) is 1. The van der Waals surface area contributed by atoms with Gasteiger partial charge < -0.3 is 10.3 Å². The van der Waals surface area contributed by atoms with Gasteiger partial charge in [-0.1, -0.05) is 41.4 Å². The summed E-state index contributed by atoms with van der Waals surface area (Å²) in [6.45, 7) is 5.69. The molecule has 0 fully saturated rings. The smallest absolute Gasteiger partial charge is 0.232 e. The van der Waals surface area contributed by atoms with E-state index in [1.165, 1.54) is 16.8 Å². The van der Waals surface area contributed by atoms with Crippen LogP contribution in [0.3, 0.4) is 0 Å². The highest BCUT2D eigenvalue weighted by atomic mass is 15.1. The van der Waals surface area contributed by atoms with E-state index in [0.717, 1.165) is 29.0 Å². The maximum absolute atomic E-state index is 6.53. The second-order valence-electron chi connectivity index (χ2n) is 6.60. The highest BCUT2D eigenvalue weighted by Gasteiger charge is 2.21. The van der Waals surface area contributed by atoms with Gasteiger partial charge in [0.1, 0.15) is 5.39 Å². The van der Waals surface area contributed by atoms with Crippen LogP contribution in [0.15, 0.2) is 61.2 Å². The summed E-state index contributed by atoms with van der Waals surface area (Å²) in [5.74, 6) is 0.742. The first-order valence-corrected chi connectivity index (χ1v) is 8.71. The van der Waals surface area contributed by atoms with E-state index in [4.69, 9.17) is 10.7 Å². The fourth-order valence-electron chi connectivity index (χ4n) is 3.39.